The largest absolute Gasteiger partial charge is 0.336 e. The van der Waals surface area contributed by atoms with Gasteiger partial charge in [0, 0.05) is 18.2 Å². The SMILES string of the molecule is Cc1cccc(C(=O)N(CCCN)C2CC2)c1. The number of rotatable bonds is 5. The lowest BCUT2D eigenvalue weighted by Gasteiger charge is -2.22. The van der Waals surface area contributed by atoms with Gasteiger partial charge in [-0.05, 0) is 44.9 Å². The maximum atomic E-state index is 12.4. The van der Waals surface area contributed by atoms with E-state index in [0.29, 0.717) is 12.6 Å². The zero-order valence-corrected chi connectivity index (χ0v) is 10.4. The number of carbonyl (C=O) groups is 1. The molecule has 1 aromatic carbocycles. The molecule has 0 radical (unpaired) electrons. The van der Waals surface area contributed by atoms with Gasteiger partial charge >= 0.3 is 0 Å². The number of aryl methyl sites for hydroxylation is 1. The Morgan fingerprint density at radius 3 is 2.82 bits per heavy atom. The quantitative estimate of drug-likeness (QED) is 0.843. The van der Waals surface area contributed by atoms with Gasteiger partial charge in [-0.1, -0.05) is 17.7 Å². The predicted octanol–water partition coefficient (Wildman–Crippen LogP) is 1.95. The molecular formula is C14H20N2O. The standard InChI is InChI=1S/C14H20N2O/c1-11-4-2-5-12(10-11)14(17)16(9-3-8-15)13-6-7-13/h2,4-5,10,13H,3,6-9,15H2,1H3. The molecule has 0 atom stereocenters. The van der Waals surface area contributed by atoms with Crippen LogP contribution >= 0.6 is 0 Å². The van der Waals surface area contributed by atoms with E-state index in [4.69, 9.17) is 5.73 Å². The van der Waals surface area contributed by atoms with E-state index in [-0.39, 0.29) is 5.91 Å². The second-order valence-corrected chi connectivity index (χ2v) is 4.74. The molecule has 3 heteroatoms. The first-order valence-corrected chi connectivity index (χ1v) is 6.30. The first kappa shape index (κ1) is 12.1. The molecule has 1 amide bonds. The smallest absolute Gasteiger partial charge is 0.254 e. The van der Waals surface area contributed by atoms with Crippen LogP contribution in [0.3, 0.4) is 0 Å². The highest BCUT2D eigenvalue weighted by atomic mass is 16.2. The van der Waals surface area contributed by atoms with Crippen molar-refractivity contribution in [2.75, 3.05) is 13.1 Å². The Balaban J connectivity index is 2.10. The number of nitrogens with zero attached hydrogens (tertiary/aromatic N) is 1. The Morgan fingerprint density at radius 1 is 1.47 bits per heavy atom. The zero-order valence-electron chi connectivity index (χ0n) is 10.4. The van der Waals surface area contributed by atoms with Crippen LogP contribution in [0, 0.1) is 6.92 Å². The van der Waals surface area contributed by atoms with Crippen molar-refractivity contribution >= 4 is 5.91 Å². The van der Waals surface area contributed by atoms with Crippen molar-refractivity contribution in [3.8, 4) is 0 Å². The Morgan fingerprint density at radius 2 is 2.24 bits per heavy atom. The molecule has 0 spiro atoms. The molecule has 1 saturated carbocycles. The minimum absolute atomic E-state index is 0.157. The normalized spacial score (nSPS) is 14.7. The van der Waals surface area contributed by atoms with Gasteiger partial charge < -0.3 is 10.6 Å². The molecule has 17 heavy (non-hydrogen) atoms. The van der Waals surface area contributed by atoms with E-state index >= 15 is 0 Å². The van der Waals surface area contributed by atoms with E-state index in [1.165, 1.54) is 0 Å². The third kappa shape index (κ3) is 3.07. The fourth-order valence-corrected chi connectivity index (χ4v) is 2.04. The van der Waals surface area contributed by atoms with Crippen molar-refractivity contribution in [3.05, 3.63) is 35.4 Å². The molecule has 0 aromatic heterocycles. The van der Waals surface area contributed by atoms with Crippen molar-refractivity contribution < 1.29 is 4.79 Å². The maximum Gasteiger partial charge on any atom is 0.254 e. The summed E-state index contributed by atoms with van der Waals surface area (Å²) in [4.78, 5) is 14.4. The van der Waals surface area contributed by atoms with E-state index in [9.17, 15) is 4.79 Å². The van der Waals surface area contributed by atoms with E-state index in [0.717, 1.165) is 36.9 Å². The summed E-state index contributed by atoms with van der Waals surface area (Å²) in [5.41, 5.74) is 7.45. The molecule has 1 fully saturated rings. The summed E-state index contributed by atoms with van der Waals surface area (Å²) < 4.78 is 0. The summed E-state index contributed by atoms with van der Waals surface area (Å²) in [6, 6.07) is 8.26. The molecule has 1 aliphatic rings. The van der Waals surface area contributed by atoms with Crippen molar-refractivity contribution in [2.45, 2.75) is 32.2 Å². The molecule has 0 saturated heterocycles. The number of hydrogen-bond donors (Lipinski definition) is 1. The average Bonchev–Trinajstić information content (AvgIpc) is 3.14. The third-order valence-corrected chi connectivity index (χ3v) is 3.12. The summed E-state index contributed by atoms with van der Waals surface area (Å²) >= 11 is 0. The van der Waals surface area contributed by atoms with Gasteiger partial charge in [0.2, 0.25) is 0 Å². The second-order valence-electron chi connectivity index (χ2n) is 4.74. The first-order valence-electron chi connectivity index (χ1n) is 6.30. The van der Waals surface area contributed by atoms with Crippen LogP contribution in [0.25, 0.3) is 0 Å². The van der Waals surface area contributed by atoms with Crippen LogP contribution in [0.5, 0.6) is 0 Å². The highest BCUT2D eigenvalue weighted by molar-refractivity contribution is 5.94. The topological polar surface area (TPSA) is 46.3 Å². The van der Waals surface area contributed by atoms with E-state index in [1.54, 1.807) is 0 Å². The summed E-state index contributed by atoms with van der Waals surface area (Å²) in [7, 11) is 0. The number of benzene rings is 1. The lowest BCUT2D eigenvalue weighted by Crippen LogP contribution is -2.34. The Hall–Kier alpha value is -1.35. The van der Waals surface area contributed by atoms with Gasteiger partial charge in [-0.25, -0.2) is 0 Å². The Labute approximate surface area is 103 Å². The van der Waals surface area contributed by atoms with Gasteiger partial charge in [-0.15, -0.1) is 0 Å². The molecule has 0 bridgehead atoms. The average molecular weight is 232 g/mol. The summed E-state index contributed by atoms with van der Waals surface area (Å²) in [6.45, 7) is 3.44. The molecule has 1 aliphatic carbocycles. The lowest BCUT2D eigenvalue weighted by atomic mass is 10.1. The third-order valence-electron chi connectivity index (χ3n) is 3.12. The van der Waals surface area contributed by atoms with Gasteiger partial charge in [-0.3, -0.25) is 4.79 Å². The lowest BCUT2D eigenvalue weighted by molar-refractivity contribution is 0.0742. The summed E-state index contributed by atoms with van der Waals surface area (Å²) in [5.74, 6) is 0.157. The molecule has 0 unspecified atom stereocenters. The Bertz CT molecular complexity index is 399. The van der Waals surface area contributed by atoms with E-state index in [2.05, 4.69) is 0 Å². The Kier molecular flexibility index (Phi) is 3.79. The van der Waals surface area contributed by atoms with Gasteiger partial charge in [0.1, 0.15) is 0 Å². The van der Waals surface area contributed by atoms with Crippen LogP contribution in [-0.2, 0) is 0 Å². The van der Waals surface area contributed by atoms with Crippen molar-refractivity contribution in [3.63, 3.8) is 0 Å². The van der Waals surface area contributed by atoms with Crippen LogP contribution < -0.4 is 5.73 Å². The predicted molar refractivity (Wildman–Crippen MR) is 68.9 cm³/mol. The number of carbonyl (C=O) groups excluding carboxylic acids is 1. The number of hydrogen-bond acceptors (Lipinski definition) is 2. The van der Waals surface area contributed by atoms with E-state index in [1.807, 2.05) is 36.1 Å². The van der Waals surface area contributed by atoms with Crippen LogP contribution in [0.4, 0.5) is 0 Å². The fourth-order valence-electron chi connectivity index (χ4n) is 2.04. The first-order chi connectivity index (χ1) is 8.22. The van der Waals surface area contributed by atoms with Crippen LogP contribution in [0.2, 0.25) is 0 Å². The molecule has 1 aromatic rings. The van der Waals surface area contributed by atoms with Gasteiger partial charge in [0.05, 0.1) is 0 Å². The summed E-state index contributed by atoms with van der Waals surface area (Å²) in [5, 5.41) is 0. The van der Waals surface area contributed by atoms with Crippen molar-refractivity contribution in [1.29, 1.82) is 0 Å². The molecule has 3 nitrogen and oxygen atoms in total. The molecule has 0 heterocycles. The van der Waals surface area contributed by atoms with E-state index < -0.39 is 0 Å². The zero-order chi connectivity index (χ0) is 12.3. The monoisotopic (exact) mass is 232 g/mol. The molecular weight excluding hydrogens is 212 g/mol. The highest BCUT2D eigenvalue weighted by Crippen LogP contribution is 2.28. The van der Waals surface area contributed by atoms with Gasteiger partial charge in [0.25, 0.3) is 5.91 Å². The van der Waals surface area contributed by atoms with Gasteiger partial charge in [-0.2, -0.15) is 0 Å². The summed E-state index contributed by atoms with van der Waals surface area (Å²) in [6.07, 6.45) is 3.16. The fraction of sp³-hybridized carbons (Fsp3) is 0.500. The van der Waals surface area contributed by atoms with Gasteiger partial charge in [0.15, 0.2) is 0 Å². The van der Waals surface area contributed by atoms with Crippen LogP contribution in [0.1, 0.15) is 35.2 Å². The van der Waals surface area contributed by atoms with Crippen molar-refractivity contribution in [1.82, 2.24) is 4.90 Å². The number of amides is 1. The molecule has 2 N–H and O–H groups in total. The molecule has 2 rings (SSSR count). The second kappa shape index (κ2) is 5.32. The molecule has 92 valence electrons. The maximum absolute atomic E-state index is 12.4. The van der Waals surface area contributed by atoms with Crippen molar-refractivity contribution in [2.24, 2.45) is 5.73 Å². The molecule has 0 aliphatic heterocycles. The number of nitrogens with two attached hydrogens (primary N) is 1. The van der Waals surface area contributed by atoms with Crippen LogP contribution in [0.15, 0.2) is 24.3 Å². The van der Waals surface area contributed by atoms with Crippen LogP contribution in [-0.4, -0.2) is 29.9 Å². The highest BCUT2D eigenvalue weighted by Gasteiger charge is 2.32. The minimum Gasteiger partial charge on any atom is -0.336 e. The minimum atomic E-state index is 0.157.